The van der Waals surface area contributed by atoms with Crippen LogP contribution in [-0.2, 0) is 0 Å². The Labute approximate surface area is 96.7 Å². The zero-order valence-corrected chi connectivity index (χ0v) is 8.81. The highest BCUT2D eigenvalue weighted by Gasteiger charge is 2.09. The molecule has 5 heteroatoms. The summed E-state index contributed by atoms with van der Waals surface area (Å²) >= 11 is 0. The second-order valence-corrected chi connectivity index (χ2v) is 3.41. The number of phenols is 1. The number of benzene rings is 1. The van der Waals surface area contributed by atoms with Crippen molar-refractivity contribution < 1.29 is 9.90 Å². The zero-order valence-electron chi connectivity index (χ0n) is 8.81. The molecule has 3 N–H and O–H groups in total. The van der Waals surface area contributed by atoms with Gasteiger partial charge in [0, 0.05) is 11.9 Å². The SMILES string of the molecule is O=C(Nc1ccc(O)cc1)c1ccc[nH]c1=O. The maximum Gasteiger partial charge on any atom is 0.261 e. The molecule has 0 unspecified atom stereocenters. The summed E-state index contributed by atoms with van der Waals surface area (Å²) in [6.07, 6.45) is 1.46. The Morgan fingerprint density at radius 3 is 2.53 bits per heavy atom. The third-order valence-electron chi connectivity index (χ3n) is 2.19. The van der Waals surface area contributed by atoms with E-state index in [1.165, 1.54) is 24.4 Å². The summed E-state index contributed by atoms with van der Waals surface area (Å²) in [6, 6.07) is 9.01. The van der Waals surface area contributed by atoms with Crippen molar-refractivity contribution in [3.05, 3.63) is 58.5 Å². The molecule has 0 radical (unpaired) electrons. The predicted octanol–water partition coefficient (Wildman–Crippen LogP) is 1.33. The number of anilines is 1. The van der Waals surface area contributed by atoms with Crippen LogP contribution < -0.4 is 10.9 Å². The van der Waals surface area contributed by atoms with Crippen LogP contribution in [0.5, 0.6) is 5.75 Å². The van der Waals surface area contributed by atoms with E-state index in [1.54, 1.807) is 18.2 Å². The van der Waals surface area contributed by atoms with Gasteiger partial charge in [-0.25, -0.2) is 0 Å². The van der Waals surface area contributed by atoms with Gasteiger partial charge in [0.25, 0.3) is 11.5 Å². The van der Waals surface area contributed by atoms with Gasteiger partial charge >= 0.3 is 0 Å². The maximum absolute atomic E-state index is 11.7. The molecule has 86 valence electrons. The standard InChI is InChI=1S/C12H10N2O3/c15-9-5-3-8(4-6-9)14-12(17)10-2-1-7-13-11(10)16/h1-7,15H,(H,13,16)(H,14,17). The monoisotopic (exact) mass is 230 g/mol. The summed E-state index contributed by atoms with van der Waals surface area (Å²) in [6.45, 7) is 0. The van der Waals surface area contributed by atoms with Gasteiger partial charge in [0.15, 0.2) is 0 Å². The molecule has 2 aromatic rings. The van der Waals surface area contributed by atoms with E-state index in [0.717, 1.165) is 0 Å². The van der Waals surface area contributed by atoms with Crippen molar-refractivity contribution >= 4 is 11.6 Å². The molecule has 1 aromatic heterocycles. The molecule has 0 fully saturated rings. The number of hydrogen-bond donors (Lipinski definition) is 3. The first-order valence-electron chi connectivity index (χ1n) is 4.95. The van der Waals surface area contributed by atoms with Gasteiger partial charge in [-0.2, -0.15) is 0 Å². The second-order valence-electron chi connectivity index (χ2n) is 3.41. The first-order chi connectivity index (χ1) is 8.16. The van der Waals surface area contributed by atoms with Gasteiger partial charge in [0.05, 0.1) is 0 Å². The fourth-order valence-electron chi connectivity index (χ4n) is 1.34. The van der Waals surface area contributed by atoms with Gasteiger partial charge in [-0.15, -0.1) is 0 Å². The molecule has 0 aliphatic heterocycles. The van der Waals surface area contributed by atoms with Crippen LogP contribution in [0, 0.1) is 0 Å². The van der Waals surface area contributed by atoms with Gasteiger partial charge in [0.2, 0.25) is 0 Å². The Morgan fingerprint density at radius 2 is 1.88 bits per heavy atom. The van der Waals surface area contributed by atoms with E-state index in [1.807, 2.05) is 0 Å². The smallest absolute Gasteiger partial charge is 0.261 e. The van der Waals surface area contributed by atoms with Crippen molar-refractivity contribution in [2.75, 3.05) is 5.32 Å². The van der Waals surface area contributed by atoms with E-state index in [4.69, 9.17) is 5.11 Å². The molecule has 0 spiro atoms. The van der Waals surface area contributed by atoms with Crippen LogP contribution in [0.1, 0.15) is 10.4 Å². The third-order valence-corrected chi connectivity index (χ3v) is 2.19. The van der Waals surface area contributed by atoms with Crippen LogP contribution in [0.2, 0.25) is 0 Å². The van der Waals surface area contributed by atoms with Crippen molar-refractivity contribution in [1.29, 1.82) is 0 Å². The highest BCUT2D eigenvalue weighted by atomic mass is 16.3. The van der Waals surface area contributed by atoms with E-state index >= 15 is 0 Å². The lowest BCUT2D eigenvalue weighted by atomic mass is 10.2. The molecule has 5 nitrogen and oxygen atoms in total. The number of aromatic amines is 1. The number of pyridine rings is 1. The molecule has 1 amide bonds. The van der Waals surface area contributed by atoms with Gasteiger partial charge in [-0.3, -0.25) is 9.59 Å². The lowest BCUT2D eigenvalue weighted by Crippen LogP contribution is -2.22. The fraction of sp³-hybridized carbons (Fsp3) is 0. The molecular weight excluding hydrogens is 220 g/mol. The first-order valence-corrected chi connectivity index (χ1v) is 4.95. The molecule has 1 aromatic carbocycles. The van der Waals surface area contributed by atoms with E-state index in [2.05, 4.69) is 10.3 Å². The number of carbonyl (C=O) groups excluding carboxylic acids is 1. The van der Waals surface area contributed by atoms with Gasteiger partial charge in [-0.1, -0.05) is 0 Å². The molecule has 0 saturated carbocycles. The van der Waals surface area contributed by atoms with Crippen LogP contribution in [0.15, 0.2) is 47.4 Å². The number of rotatable bonds is 2. The summed E-state index contributed by atoms with van der Waals surface area (Å²) in [7, 11) is 0. The minimum Gasteiger partial charge on any atom is -0.508 e. The van der Waals surface area contributed by atoms with Crippen LogP contribution in [0.4, 0.5) is 5.69 Å². The minimum atomic E-state index is -0.488. The van der Waals surface area contributed by atoms with E-state index in [9.17, 15) is 9.59 Å². The van der Waals surface area contributed by atoms with Crippen LogP contribution in [0.3, 0.4) is 0 Å². The average molecular weight is 230 g/mol. The molecule has 0 saturated heterocycles. The van der Waals surface area contributed by atoms with Crippen molar-refractivity contribution in [2.45, 2.75) is 0 Å². The van der Waals surface area contributed by atoms with Crippen molar-refractivity contribution in [2.24, 2.45) is 0 Å². The fourth-order valence-corrected chi connectivity index (χ4v) is 1.34. The Kier molecular flexibility index (Phi) is 2.91. The number of hydrogen-bond acceptors (Lipinski definition) is 3. The van der Waals surface area contributed by atoms with Crippen LogP contribution in [-0.4, -0.2) is 16.0 Å². The topological polar surface area (TPSA) is 82.2 Å². The van der Waals surface area contributed by atoms with Crippen molar-refractivity contribution in [1.82, 2.24) is 4.98 Å². The molecule has 0 bridgehead atoms. The van der Waals surface area contributed by atoms with E-state index in [-0.39, 0.29) is 11.3 Å². The summed E-state index contributed by atoms with van der Waals surface area (Å²) in [5, 5.41) is 11.6. The molecule has 17 heavy (non-hydrogen) atoms. The Hall–Kier alpha value is -2.56. The summed E-state index contributed by atoms with van der Waals surface area (Å²) < 4.78 is 0. The number of phenolic OH excluding ortho intramolecular Hbond substituents is 1. The normalized spacial score (nSPS) is 9.88. The minimum absolute atomic E-state index is 0.0422. The number of aromatic hydroxyl groups is 1. The van der Waals surface area contributed by atoms with Crippen molar-refractivity contribution in [3.8, 4) is 5.75 Å². The largest absolute Gasteiger partial charge is 0.508 e. The Bertz CT molecular complexity index is 587. The van der Waals surface area contributed by atoms with Crippen LogP contribution in [0.25, 0.3) is 0 Å². The van der Waals surface area contributed by atoms with Crippen molar-refractivity contribution in [3.63, 3.8) is 0 Å². The average Bonchev–Trinajstić information content (AvgIpc) is 2.32. The molecule has 0 aliphatic carbocycles. The molecule has 0 aliphatic rings. The van der Waals surface area contributed by atoms with Gasteiger partial charge in [0.1, 0.15) is 11.3 Å². The maximum atomic E-state index is 11.7. The number of amides is 1. The number of H-pyrrole nitrogens is 1. The Balaban J connectivity index is 2.20. The van der Waals surface area contributed by atoms with Gasteiger partial charge in [-0.05, 0) is 36.4 Å². The third kappa shape index (κ3) is 2.52. The summed E-state index contributed by atoms with van der Waals surface area (Å²) in [5.41, 5.74) is 0.111. The van der Waals surface area contributed by atoms with Crippen LogP contribution >= 0.6 is 0 Å². The molecule has 0 atom stereocenters. The number of aromatic nitrogens is 1. The quantitative estimate of drug-likeness (QED) is 0.681. The first kappa shape index (κ1) is 10.9. The highest BCUT2D eigenvalue weighted by molar-refractivity contribution is 6.03. The number of carbonyl (C=O) groups is 1. The Morgan fingerprint density at radius 1 is 1.18 bits per heavy atom. The van der Waals surface area contributed by atoms with Gasteiger partial charge < -0.3 is 15.4 Å². The molecule has 1 heterocycles. The lowest BCUT2D eigenvalue weighted by Gasteiger charge is -2.04. The van der Waals surface area contributed by atoms with E-state index < -0.39 is 11.5 Å². The summed E-state index contributed by atoms with van der Waals surface area (Å²) in [4.78, 5) is 25.5. The molecule has 2 rings (SSSR count). The summed E-state index contributed by atoms with van der Waals surface area (Å²) in [5.74, 6) is -0.377. The molecular formula is C12H10N2O3. The second kappa shape index (κ2) is 4.52. The highest BCUT2D eigenvalue weighted by Crippen LogP contribution is 2.14. The number of nitrogens with one attached hydrogen (secondary N) is 2. The lowest BCUT2D eigenvalue weighted by molar-refractivity contribution is 0.102. The zero-order chi connectivity index (χ0) is 12.3. The van der Waals surface area contributed by atoms with E-state index in [0.29, 0.717) is 5.69 Å². The predicted molar refractivity (Wildman–Crippen MR) is 63.1 cm³/mol.